The summed E-state index contributed by atoms with van der Waals surface area (Å²) in [6.07, 6.45) is 9.07. The van der Waals surface area contributed by atoms with Gasteiger partial charge in [0.2, 0.25) is 0 Å². The number of carbonyl (C=O) groups excluding carboxylic acids is 3. The third-order valence-electron chi connectivity index (χ3n) is 4.13. The largest absolute Gasteiger partial charge is 0.376 e. The van der Waals surface area contributed by atoms with E-state index in [1.54, 1.807) is 24.3 Å². The van der Waals surface area contributed by atoms with E-state index in [1.165, 1.54) is 6.08 Å². The number of rotatable bonds is 3. The van der Waals surface area contributed by atoms with Crippen molar-refractivity contribution >= 4 is 35.1 Å². The van der Waals surface area contributed by atoms with E-state index >= 15 is 0 Å². The molecule has 0 aromatic heterocycles. The fourth-order valence-corrected chi connectivity index (χ4v) is 3.10. The second-order valence-electron chi connectivity index (χ2n) is 6.13. The molecule has 27 heavy (non-hydrogen) atoms. The number of nitrogens with zero attached hydrogens (tertiary/aromatic N) is 2. The highest BCUT2D eigenvalue weighted by molar-refractivity contribution is 6.41. The average molecular weight is 384 g/mol. The minimum Gasteiger partial charge on any atom is -0.376 e. The third-order valence-corrected chi connectivity index (χ3v) is 4.45. The van der Waals surface area contributed by atoms with Crippen molar-refractivity contribution in [2.45, 2.75) is 6.92 Å². The molecule has 3 rings (SSSR count). The quantitative estimate of drug-likeness (QED) is 0.643. The van der Waals surface area contributed by atoms with Crippen LogP contribution in [0.1, 0.15) is 6.92 Å². The first-order chi connectivity index (χ1) is 12.9. The fraction of sp³-hybridized carbons (Fsp3) is 0.150. The Morgan fingerprint density at radius 1 is 1.19 bits per heavy atom. The monoisotopic (exact) mass is 383 g/mol. The molecule has 1 N–H and O–H groups in total. The van der Waals surface area contributed by atoms with Crippen LogP contribution in [0.4, 0.5) is 10.5 Å². The molecule has 1 fully saturated rings. The van der Waals surface area contributed by atoms with E-state index in [1.807, 2.05) is 43.3 Å². The van der Waals surface area contributed by atoms with Gasteiger partial charge in [-0.15, -0.1) is 0 Å². The van der Waals surface area contributed by atoms with Crippen LogP contribution in [-0.2, 0) is 9.59 Å². The molecule has 1 saturated heterocycles. The molecular weight excluding hydrogens is 366 g/mol. The van der Waals surface area contributed by atoms with Gasteiger partial charge >= 0.3 is 6.03 Å². The Kier molecular flexibility index (Phi) is 5.28. The lowest BCUT2D eigenvalue weighted by Crippen LogP contribution is -2.54. The standard InChI is InChI=1S/C20H18ClN3O3/c1-3-4-7-13-11-23(2)12-14(13)10-15-18(25)22-20(27)24(19(15)26)17-9-6-5-8-16(17)21/h3-10,12H,11H2,1-2H3,(H,22,25,27)/b4-3-,13-7+,15-10+. The number of likely N-dealkylation sites (N-methyl/N-ethyl adjacent to an activating group) is 1. The highest BCUT2D eigenvalue weighted by Gasteiger charge is 2.38. The van der Waals surface area contributed by atoms with E-state index in [9.17, 15) is 14.4 Å². The maximum atomic E-state index is 12.9. The number of halogens is 1. The number of barbiturate groups is 1. The van der Waals surface area contributed by atoms with Gasteiger partial charge in [-0.25, -0.2) is 9.69 Å². The van der Waals surface area contributed by atoms with Crippen molar-refractivity contribution in [2.24, 2.45) is 0 Å². The predicted molar refractivity (Wildman–Crippen MR) is 104 cm³/mol. The number of amides is 4. The number of hydrogen-bond acceptors (Lipinski definition) is 4. The van der Waals surface area contributed by atoms with E-state index in [0.717, 1.165) is 16.0 Å². The minimum absolute atomic E-state index is 0.123. The maximum Gasteiger partial charge on any atom is 0.335 e. The Morgan fingerprint density at radius 3 is 2.63 bits per heavy atom. The Hall–Kier alpha value is -3.12. The molecule has 1 aromatic carbocycles. The van der Waals surface area contributed by atoms with E-state index in [4.69, 9.17) is 11.6 Å². The molecule has 0 radical (unpaired) electrons. The fourth-order valence-electron chi connectivity index (χ4n) is 2.88. The van der Waals surface area contributed by atoms with E-state index < -0.39 is 17.8 Å². The SMILES string of the molecule is C/C=C\C=C1/CN(C)C=C1/C=C1\C(=O)NC(=O)N(c2ccccc2Cl)C1=O. The first kappa shape index (κ1) is 18.7. The lowest BCUT2D eigenvalue weighted by atomic mass is 10.0. The zero-order chi connectivity index (χ0) is 19.6. The van der Waals surface area contributed by atoms with Gasteiger partial charge in [-0.2, -0.15) is 0 Å². The topological polar surface area (TPSA) is 69.7 Å². The summed E-state index contributed by atoms with van der Waals surface area (Å²) >= 11 is 6.13. The maximum absolute atomic E-state index is 12.9. The van der Waals surface area contributed by atoms with Gasteiger partial charge in [0.05, 0.1) is 10.7 Å². The Labute approximate surface area is 162 Å². The molecule has 0 aliphatic carbocycles. The molecule has 0 unspecified atom stereocenters. The number of carbonyl (C=O) groups is 3. The van der Waals surface area contributed by atoms with E-state index in [2.05, 4.69) is 5.32 Å². The van der Waals surface area contributed by atoms with Crippen LogP contribution < -0.4 is 10.2 Å². The molecule has 1 aromatic rings. The minimum atomic E-state index is -0.822. The molecule has 6 nitrogen and oxygen atoms in total. The van der Waals surface area contributed by atoms with Crippen molar-refractivity contribution in [3.8, 4) is 0 Å². The third kappa shape index (κ3) is 3.71. The summed E-state index contributed by atoms with van der Waals surface area (Å²) in [5, 5.41) is 2.44. The molecule has 0 atom stereocenters. The van der Waals surface area contributed by atoms with Crippen LogP contribution in [0.25, 0.3) is 0 Å². The summed E-state index contributed by atoms with van der Waals surface area (Å²) in [6.45, 7) is 2.56. The van der Waals surface area contributed by atoms with Crippen LogP contribution in [0.15, 0.2) is 71.5 Å². The summed E-state index contributed by atoms with van der Waals surface area (Å²) in [6, 6.07) is 5.65. The highest BCUT2D eigenvalue weighted by Crippen LogP contribution is 2.29. The Bertz CT molecular complexity index is 944. The first-order valence-electron chi connectivity index (χ1n) is 8.32. The summed E-state index contributed by atoms with van der Waals surface area (Å²) in [7, 11) is 1.90. The van der Waals surface area contributed by atoms with Crippen LogP contribution in [0.3, 0.4) is 0 Å². The average Bonchev–Trinajstić information content (AvgIpc) is 2.97. The Balaban J connectivity index is 2.02. The molecule has 2 aliphatic heterocycles. The van der Waals surface area contributed by atoms with Crippen LogP contribution in [0.5, 0.6) is 0 Å². The molecular formula is C20H18ClN3O3. The van der Waals surface area contributed by atoms with Gasteiger partial charge in [0.1, 0.15) is 5.57 Å². The zero-order valence-corrected chi connectivity index (χ0v) is 15.7. The molecule has 7 heteroatoms. The number of anilines is 1. The first-order valence-corrected chi connectivity index (χ1v) is 8.70. The summed E-state index contributed by atoms with van der Waals surface area (Å²) < 4.78 is 0. The molecule has 0 bridgehead atoms. The van der Waals surface area contributed by atoms with Crippen LogP contribution in [0.2, 0.25) is 5.02 Å². The van der Waals surface area contributed by atoms with Gasteiger partial charge in [0, 0.05) is 19.8 Å². The molecule has 138 valence electrons. The normalized spacial score (nSPS) is 20.9. The van der Waals surface area contributed by atoms with Crippen LogP contribution >= 0.6 is 11.6 Å². The zero-order valence-electron chi connectivity index (χ0n) is 14.9. The van der Waals surface area contributed by atoms with Crippen molar-refractivity contribution < 1.29 is 14.4 Å². The molecule has 0 spiro atoms. The number of hydrogen-bond donors (Lipinski definition) is 1. The second kappa shape index (κ2) is 7.63. The van der Waals surface area contributed by atoms with Crippen molar-refractivity contribution in [3.05, 3.63) is 76.5 Å². The van der Waals surface area contributed by atoms with Gasteiger partial charge in [-0.05, 0) is 36.3 Å². The van der Waals surface area contributed by atoms with Gasteiger partial charge < -0.3 is 4.90 Å². The van der Waals surface area contributed by atoms with Crippen molar-refractivity contribution in [3.63, 3.8) is 0 Å². The predicted octanol–water partition coefficient (Wildman–Crippen LogP) is 3.18. The highest BCUT2D eigenvalue weighted by atomic mass is 35.5. The number of benzene rings is 1. The number of allylic oxidation sites excluding steroid dienone is 4. The van der Waals surface area contributed by atoms with Gasteiger partial charge in [0.25, 0.3) is 11.8 Å². The molecule has 2 aliphatic rings. The lowest BCUT2D eigenvalue weighted by molar-refractivity contribution is -0.122. The van der Waals surface area contributed by atoms with E-state index in [-0.39, 0.29) is 16.3 Å². The van der Waals surface area contributed by atoms with Gasteiger partial charge in [0.15, 0.2) is 0 Å². The van der Waals surface area contributed by atoms with Crippen LogP contribution in [0, 0.1) is 0 Å². The number of nitrogens with one attached hydrogen (secondary N) is 1. The van der Waals surface area contributed by atoms with Crippen molar-refractivity contribution in [2.75, 3.05) is 18.5 Å². The molecule has 0 saturated carbocycles. The summed E-state index contributed by atoms with van der Waals surface area (Å²) in [5.74, 6) is -1.44. The lowest BCUT2D eigenvalue weighted by Gasteiger charge is -2.27. The van der Waals surface area contributed by atoms with E-state index in [0.29, 0.717) is 6.54 Å². The molecule has 2 heterocycles. The van der Waals surface area contributed by atoms with Crippen molar-refractivity contribution in [1.82, 2.24) is 10.2 Å². The second-order valence-corrected chi connectivity index (χ2v) is 6.53. The smallest absolute Gasteiger partial charge is 0.335 e. The number of para-hydroxylation sites is 1. The molecule has 4 amide bonds. The van der Waals surface area contributed by atoms with Gasteiger partial charge in [-0.1, -0.05) is 42.0 Å². The van der Waals surface area contributed by atoms with Crippen molar-refractivity contribution in [1.29, 1.82) is 0 Å². The Morgan fingerprint density at radius 2 is 1.93 bits per heavy atom. The van der Waals surface area contributed by atoms with Crippen LogP contribution in [-0.4, -0.2) is 36.3 Å². The number of imide groups is 2. The summed E-state index contributed by atoms with van der Waals surface area (Å²) in [5.41, 5.74) is 1.80. The van der Waals surface area contributed by atoms with Gasteiger partial charge in [-0.3, -0.25) is 14.9 Å². The number of urea groups is 1. The summed E-state index contributed by atoms with van der Waals surface area (Å²) in [4.78, 5) is 40.3.